The van der Waals surface area contributed by atoms with E-state index in [9.17, 15) is 4.79 Å². The van der Waals surface area contributed by atoms with Crippen LogP contribution in [0.15, 0.2) is 71.1 Å². The molecule has 4 rings (SSSR count). The van der Waals surface area contributed by atoms with Gasteiger partial charge in [0.2, 0.25) is 5.76 Å². The van der Waals surface area contributed by atoms with Crippen LogP contribution >= 0.6 is 0 Å². The first-order chi connectivity index (χ1) is 13.2. The largest absolute Gasteiger partial charge is 0.486 e. The molecule has 2 heterocycles. The smallest absolute Gasteiger partial charge is 0.371 e. The Morgan fingerprint density at radius 3 is 2.48 bits per heavy atom. The summed E-state index contributed by atoms with van der Waals surface area (Å²) in [6.07, 6.45) is 1.20. The van der Waals surface area contributed by atoms with Crippen molar-refractivity contribution >= 4 is 5.97 Å². The molecule has 0 radical (unpaired) electrons. The van der Waals surface area contributed by atoms with E-state index in [-0.39, 0.29) is 12.4 Å². The number of carbonyl (C=O) groups is 1. The number of nitrogens with zero attached hydrogens (tertiary/aromatic N) is 1. The molecule has 0 saturated carbocycles. The van der Waals surface area contributed by atoms with Crippen molar-refractivity contribution in [1.29, 1.82) is 0 Å². The summed E-state index contributed by atoms with van der Waals surface area (Å²) in [6, 6.07) is 22.2. The van der Waals surface area contributed by atoms with Crippen LogP contribution in [0.1, 0.15) is 39.9 Å². The lowest BCUT2D eigenvalue weighted by Gasteiger charge is -2.41. The van der Waals surface area contributed by atoms with Crippen molar-refractivity contribution in [2.45, 2.75) is 25.6 Å². The van der Waals surface area contributed by atoms with Crippen molar-refractivity contribution in [1.82, 2.24) is 4.90 Å². The number of aromatic carboxylic acids is 1. The molecule has 27 heavy (non-hydrogen) atoms. The molecule has 1 aliphatic rings. The summed E-state index contributed by atoms with van der Waals surface area (Å²) in [7, 11) is 0. The van der Waals surface area contributed by atoms with Gasteiger partial charge in [0.25, 0.3) is 0 Å². The highest BCUT2D eigenvalue weighted by Gasteiger charge is 2.28. The Morgan fingerprint density at radius 2 is 1.85 bits per heavy atom. The maximum absolute atomic E-state index is 10.8. The first kappa shape index (κ1) is 17.4. The standard InChI is InChI=1S/C22H21NO4/c24-22(25)21-11-10-19(27-21)15-26-18-8-6-16(7-9-18)14-23-13-12-20(23)17-4-2-1-3-5-17/h1-11,20H,12-15H2,(H,24,25)/t20-/m1/s1. The molecule has 0 bridgehead atoms. The Bertz CT molecular complexity index is 902. The van der Waals surface area contributed by atoms with Crippen LogP contribution in [0.2, 0.25) is 0 Å². The summed E-state index contributed by atoms with van der Waals surface area (Å²) < 4.78 is 10.9. The van der Waals surface area contributed by atoms with E-state index in [4.69, 9.17) is 14.3 Å². The third-order valence-corrected chi connectivity index (χ3v) is 4.88. The molecule has 138 valence electrons. The quantitative estimate of drug-likeness (QED) is 0.669. The van der Waals surface area contributed by atoms with Crippen LogP contribution < -0.4 is 4.74 Å². The molecule has 0 aliphatic carbocycles. The molecule has 1 fully saturated rings. The predicted octanol–water partition coefficient (Wildman–Crippen LogP) is 4.50. The second-order valence-corrected chi connectivity index (χ2v) is 6.69. The fourth-order valence-corrected chi connectivity index (χ4v) is 3.33. The Kier molecular flexibility index (Phi) is 4.94. The fraction of sp³-hybridized carbons (Fsp3) is 0.227. The summed E-state index contributed by atoms with van der Waals surface area (Å²) in [5.41, 5.74) is 2.62. The average Bonchev–Trinajstić information content (AvgIpc) is 3.15. The van der Waals surface area contributed by atoms with E-state index in [0.29, 0.717) is 11.8 Å². The van der Waals surface area contributed by atoms with Gasteiger partial charge in [0.1, 0.15) is 18.1 Å². The van der Waals surface area contributed by atoms with Crippen LogP contribution in [0.4, 0.5) is 0 Å². The number of hydrogen-bond acceptors (Lipinski definition) is 4. The average molecular weight is 363 g/mol. The van der Waals surface area contributed by atoms with E-state index in [1.54, 1.807) is 6.07 Å². The number of carboxylic acid groups (broad SMARTS) is 1. The highest BCUT2D eigenvalue weighted by molar-refractivity contribution is 5.84. The summed E-state index contributed by atoms with van der Waals surface area (Å²) >= 11 is 0. The van der Waals surface area contributed by atoms with Gasteiger partial charge in [0.15, 0.2) is 0 Å². The van der Waals surface area contributed by atoms with Gasteiger partial charge in [-0.3, -0.25) is 4.90 Å². The SMILES string of the molecule is O=C(O)c1ccc(COc2ccc(CN3CC[C@@H]3c3ccccc3)cc2)o1. The van der Waals surface area contributed by atoms with Crippen LogP contribution in [0.25, 0.3) is 0 Å². The molecule has 0 spiro atoms. The number of carboxylic acids is 1. The van der Waals surface area contributed by atoms with Crippen LogP contribution in [0.5, 0.6) is 5.75 Å². The molecule has 1 aromatic heterocycles. The lowest BCUT2D eigenvalue weighted by Crippen LogP contribution is -2.40. The van der Waals surface area contributed by atoms with Crippen molar-refractivity contribution in [3.8, 4) is 5.75 Å². The fourth-order valence-electron chi connectivity index (χ4n) is 3.33. The van der Waals surface area contributed by atoms with Crippen molar-refractivity contribution in [2.24, 2.45) is 0 Å². The van der Waals surface area contributed by atoms with Gasteiger partial charge in [-0.05, 0) is 41.8 Å². The molecule has 0 amide bonds. The first-order valence-electron chi connectivity index (χ1n) is 9.02. The Morgan fingerprint density at radius 1 is 1.07 bits per heavy atom. The van der Waals surface area contributed by atoms with Gasteiger partial charge in [-0.25, -0.2) is 4.79 Å². The summed E-state index contributed by atoms with van der Waals surface area (Å²) in [5.74, 6) is 0.0647. The monoisotopic (exact) mass is 363 g/mol. The molecule has 1 N–H and O–H groups in total. The van der Waals surface area contributed by atoms with Crippen molar-refractivity contribution in [3.05, 3.63) is 89.4 Å². The maximum atomic E-state index is 10.8. The van der Waals surface area contributed by atoms with Crippen LogP contribution in [0, 0.1) is 0 Å². The number of benzene rings is 2. The third-order valence-electron chi connectivity index (χ3n) is 4.88. The van der Waals surface area contributed by atoms with Gasteiger partial charge in [-0.1, -0.05) is 42.5 Å². The lowest BCUT2D eigenvalue weighted by molar-refractivity contribution is 0.0658. The molecule has 1 saturated heterocycles. The second-order valence-electron chi connectivity index (χ2n) is 6.69. The van der Waals surface area contributed by atoms with Gasteiger partial charge in [-0.15, -0.1) is 0 Å². The highest BCUT2D eigenvalue weighted by atomic mass is 16.5. The van der Waals surface area contributed by atoms with E-state index in [2.05, 4.69) is 47.4 Å². The van der Waals surface area contributed by atoms with E-state index >= 15 is 0 Å². The van der Waals surface area contributed by atoms with E-state index < -0.39 is 5.97 Å². The molecule has 2 aromatic carbocycles. The van der Waals surface area contributed by atoms with Gasteiger partial charge >= 0.3 is 5.97 Å². The Hall–Kier alpha value is -3.05. The third kappa shape index (κ3) is 4.04. The summed E-state index contributed by atoms with van der Waals surface area (Å²) in [5, 5.41) is 8.86. The van der Waals surface area contributed by atoms with Crippen molar-refractivity contribution in [3.63, 3.8) is 0 Å². The zero-order valence-corrected chi connectivity index (χ0v) is 14.9. The van der Waals surface area contributed by atoms with Crippen LogP contribution in [-0.4, -0.2) is 22.5 Å². The predicted molar refractivity (Wildman–Crippen MR) is 101 cm³/mol. The number of rotatable bonds is 7. The maximum Gasteiger partial charge on any atom is 0.371 e. The van der Waals surface area contributed by atoms with Crippen LogP contribution in [-0.2, 0) is 13.2 Å². The first-order valence-corrected chi connectivity index (χ1v) is 9.02. The number of hydrogen-bond donors (Lipinski definition) is 1. The summed E-state index contributed by atoms with van der Waals surface area (Å²) in [6.45, 7) is 2.23. The minimum absolute atomic E-state index is 0.0773. The number of furan rings is 1. The molecule has 0 unspecified atom stereocenters. The highest BCUT2D eigenvalue weighted by Crippen LogP contribution is 2.34. The summed E-state index contributed by atoms with van der Waals surface area (Å²) in [4.78, 5) is 13.3. The van der Waals surface area contributed by atoms with Gasteiger partial charge in [-0.2, -0.15) is 0 Å². The van der Waals surface area contributed by atoms with E-state index in [1.165, 1.54) is 23.6 Å². The molecule has 5 nitrogen and oxygen atoms in total. The zero-order chi connectivity index (χ0) is 18.6. The normalized spacial score (nSPS) is 16.7. The van der Waals surface area contributed by atoms with E-state index in [1.807, 2.05) is 12.1 Å². The molecular formula is C22H21NO4. The second kappa shape index (κ2) is 7.68. The van der Waals surface area contributed by atoms with Crippen molar-refractivity contribution in [2.75, 3.05) is 6.54 Å². The van der Waals surface area contributed by atoms with Crippen LogP contribution in [0.3, 0.4) is 0 Å². The van der Waals surface area contributed by atoms with E-state index in [0.717, 1.165) is 18.8 Å². The minimum atomic E-state index is -1.08. The van der Waals surface area contributed by atoms with Crippen molar-refractivity contribution < 1.29 is 19.1 Å². The zero-order valence-electron chi connectivity index (χ0n) is 14.9. The molecule has 5 heteroatoms. The molecule has 3 aromatic rings. The number of ether oxygens (including phenoxy) is 1. The van der Waals surface area contributed by atoms with Gasteiger partial charge in [0.05, 0.1) is 0 Å². The molecular weight excluding hydrogens is 342 g/mol. The van der Waals surface area contributed by atoms with Gasteiger partial charge in [0, 0.05) is 19.1 Å². The lowest BCUT2D eigenvalue weighted by atomic mass is 9.94. The molecule has 1 aliphatic heterocycles. The molecule has 1 atom stereocenters. The topological polar surface area (TPSA) is 62.9 Å². The Balaban J connectivity index is 1.31. The van der Waals surface area contributed by atoms with Gasteiger partial charge < -0.3 is 14.3 Å². The number of likely N-dealkylation sites (tertiary alicyclic amines) is 1. The Labute approximate surface area is 157 Å². The minimum Gasteiger partial charge on any atom is -0.486 e.